The highest BCUT2D eigenvalue weighted by Crippen LogP contribution is 1.77. The van der Waals surface area contributed by atoms with Crippen molar-refractivity contribution in [2.24, 2.45) is 0 Å². The molecule has 0 N–H and O–H groups in total. The molecule has 0 heterocycles. The van der Waals surface area contributed by atoms with E-state index in [2.05, 4.69) is 0 Å². The SMILES string of the molecule is CC.C[N+](C)(C)[O-]. The van der Waals surface area contributed by atoms with Crippen LogP contribution in [0.5, 0.6) is 0 Å². The third-order valence-corrected chi connectivity index (χ3v) is 0. The number of hydrogen-bond donors (Lipinski definition) is 0. The molecule has 0 aliphatic heterocycles. The maximum atomic E-state index is 10.0. The van der Waals surface area contributed by atoms with Crippen LogP contribution in [0.1, 0.15) is 13.8 Å². The molecule has 2 heteroatoms. The van der Waals surface area contributed by atoms with Gasteiger partial charge in [0, 0.05) is 0 Å². The van der Waals surface area contributed by atoms with Gasteiger partial charge in [-0.15, -0.1) is 0 Å². The molecule has 0 aromatic carbocycles. The highest BCUT2D eigenvalue weighted by atomic mass is 16.5. The van der Waals surface area contributed by atoms with Crippen LogP contribution in [0, 0.1) is 5.21 Å². The molecule has 0 fully saturated rings. The van der Waals surface area contributed by atoms with E-state index in [0.29, 0.717) is 0 Å². The van der Waals surface area contributed by atoms with E-state index in [1.54, 1.807) is 21.1 Å². The fraction of sp³-hybridized carbons (Fsp3) is 1.00. The summed E-state index contributed by atoms with van der Waals surface area (Å²) < 4.78 is -0.250. The standard InChI is InChI=1S/C3H9NO.C2H6/c1-4(2,3)5;1-2/h1-3H3;1-2H3. The van der Waals surface area contributed by atoms with E-state index in [4.69, 9.17) is 0 Å². The maximum Gasteiger partial charge on any atom is 0.0674 e. The van der Waals surface area contributed by atoms with Crippen LogP contribution in [0.3, 0.4) is 0 Å². The lowest BCUT2D eigenvalue weighted by atomic mass is 11.0. The average Bonchev–Trinajstić information content (AvgIpc) is 1.36. The average molecular weight is 105 g/mol. The molecule has 0 atom stereocenters. The molecule has 0 saturated heterocycles. The van der Waals surface area contributed by atoms with Crippen LogP contribution in [0.15, 0.2) is 0 Å². The van der Waals surface area contributed by atoms with Gasteiger partial charge in [-0.2, -0.15) is 0 Å². The van der Waals surface area contributed by atoms with Crippen molar-refractivity contribution < 1.29 is 4.65 Å². The molecule has 0 radical (unpaired) electrons. The van der Waals surface area contributed by atoms with E-state index in [1.807, 2.05) is 13.8 Å². The molecule has 7 heavy (non-hydrogen) atoms. The molecule has 0 saturated carbocycles. The molecule has 46 valence electrons. The van der Waals surface area contributed by atoms with Gasteiger partial charge in [0.1, 0.15) is 0 Å². The van der Waals surface area contributed by atoms with Crippen molar-refractivity contribution in [1.29, 1.82) is 0 Å². The Morgan fingerprint density at radius 3 is 1.00 bits per heavy atom. The van der Waals surface area contributed by atoms with Crippen molar-refractivity contribution in [2.45, 2.75) is 13.8 Å². The van der Waals surface area contributed by atoms with Crippen molar-refractivity contribution in [3.8, 4) is 0 Å². The maximum absolute atomic E-state index is 10.0. The van der Waals surface area contributed by atoms with Crippen molar-refractivity contribution in [1.82, 2.24) is 0 Å². The summed E-state index contributed by atoms with van der Waals surface area (Å²) in [5.41, 5.74) is 0. The van der Waals surface area contributed by atoms with E-state index in [0.717, 1.165) is 0 Å². The van der Waals surface area contributed by atoms with Gasteiger partial charge in [-0.3, -0.25) is 0 Å². The molecule has 0 rings (SSSR count). The summed E-state index contributed by atoms with van der Waals surface area (Å²) in [4.78, 5) is 0. The monoisotopic (exact) mass is 105 g/mol. The van der Waals surface area contributed by atoms with Gasteiger partial charge in [-0.05, 0) is 0 Å². The third-order valence-electron chi connectivity index (χ3n) is 0. The fourth-order valence-electron chi connectivity index (χ4n) is 0. The summed E-state index contributed by atoms with van der Waals surface area (Å²) in [5.74, 6) is 0. The Labute approximate surface area is 45.9 Å². The normalized spacial score (nSPS) is 9.43. The smallest absolute Gasteiger partial charge is 0.0674 e. The Balaban J connectivity index is 0. The molecule has 0 unspecified atom stereocenters. The molecule has 0 spiro atoms. The highest BCUT2D eigenvalue weighted by Gasteiger charge is 1.79. The van der Waals surface area contributed by atoms with Gasteiger partial charge in [0.25, 0.3) is 0 Å². The zero-order valence-electron chi connectivity index (χ0n) is 5.86. The van der Waals surface area contributed by atoms with E-state index in [1.165, 1.54) is 0 Å². The zero-order valence-corrected chi connectivity index (χ0v) is 5.86. The quantitative estimate of drug-likeness (QED) is 0.335. The van der Waals surface area contributed by atoms with Gasteiger partial charge in [0.15, 0.2) is 0 Å². The van der Waals surface area contributed by atoms with Gasteiger partial charge < -0.3 is 9.85 Å². The first-order valence-electron chi connectivity index (χ1n) is 2.52. The Bertz CT molecular complexity index is 23.6. The molecular formula is C5H15NO. The fourth-order valence-corrected chi connectivity index (χ4v) is 0. The summed E-state index contributed by atoms with van der Waals surface area (Å²) in [5, 5.41) is 10.0. The Hall–Kier alpha value is -0.0800. The van der Waals surface area contributed by atoms with Gasteiger partial charge in [-0.25, -0.2) is 0 Å². The van der Waals surface area contributed by atoms with Crippen molar-refractivity contribution in [3.05, 3.63) is 5.21 Å². The molecule has 0 aromatic rings. The Kier molecular flexibility index (Phi) is 5.85. The topological polar surface area (TPSA) is 23.1 Å². The van der Waals surface area contributed by atoms with Crippen LogP contribution in [-0.2, 0) is 0 Å². The summed E-state index contributed by atoms with van der Waals surface area (Å²) in [7, 11) is 4.71. The number of hydrogen-bond acceptors (Lipinski definition) is 1. The van der Waals surface area contributed by atoms with Crippen LogP contribution in [0.2, 0.25) is 0 Å². The van der Waals surface area contributed by atoms with Gasteiger partial charge >= 0.3 is 0 Å². The molecule has 0 aliphatic carbocycles. The predicted octanol–water partition coefficient (Wildman–Crippen LogP) is 1.22. The van der Waals surface area contributed by atoms with E-state index >= 15 is 0 Å². The molecule has 0 bridgehead atoms. The van der Waals surface area contributed by atoms with Crippen molar-refractivity contribution >= 4 is 0 Å². The van der Waals surface area contributed by atoms with Crippen molar-refractivity contribution in [3.63, 3.8) is 0 Å². The van der Waals surface area contributed by atoms with Crippen LogP contribution in [0.4, 0.5) is 0 Å². The van der Waals surface area contributed by atoms with Gasteiger partial charge in [0.05, 0.1) is 21.1 Å². The number of nitrogens with zero attached hydrogens (tertiary/aromatic N) is 1. The molecule has 2 nitrogen and oxygen atoms in total. The van der Waals surface area contributed by atoms with Crippen molar-refractivity contribution in [2.75, 3.05) is 21.1 Å². The summed E-state index contributed by atoms with van der Waals surface area (Å²) in [6.07, 6.45) is 0. The lowest BCUT2D eigenvalue weighted by Gasteiger charge is -2.27. The first kappa shape index (κ1) is 10.0. The minimum absolute atomic E-state index is 0.250. The Morgan fingerprint density at radius 2 is 1.00 bits per heavy atom. The third kappa shape index (κ3) is 14200. The van der Waals surface area contributed by atoms with Crippen LogP contribution >= 0.6 is 0 Å². The molecule has 0 aliphatic rings. The second-order valence-electron chi connectivity index (χ2n) is 1.89. The Morgan fingerprint density at radius 1 is 1.00 bits per heavy atom. The minimum atomic E-state index is -0.250. The summed E-state index contributed by atoms with van der Waals surface area (Å²) in [6.45, 7) is 4.00. The van der Waals surface area contributed by atoms with Gasteiger partial charge in [-0.1, -0.05) is 13.8 Å². The van der Waals surface area contributed by atoms with Gasteiger partial charge in [0.2, 0.25) is 0 Å². The second kappa shape index (κ2) is 4.09. The minimum Gasteiger partial charge on any atom is -0.633 e. The van der Waals surface area contributed by atoms with Crippen LogP contribution < -0.4 is 0 Å². The summed E-state index contributed by atoms with van der Waals surface area (Å²) in [6, 6.07) is 0. The largest absolute Gasteiger partial charge is 0.633 e. The molecule has 0 aromatic heterocycles. The number of quaternary nitrogens is 1. The first-order valence-corrected chi connectivity index (χ1v) is 2.52. The van der Waals surface area contributed by atoms with Crippen LogP contribution in [0.25, 0.3) is 0 Å². The van der Waals surface area contributed by atoms with E-state index in [9.17, 15) is 5.21 Å². The number of hydroxylamine groups is 3. The number of rotatable bonds is 0. The lowest BCUT2D eigenvalue weighted by Crippen LogP contribution is -2.25. The predicted molar refractivity (Wildman–Crippen MR) is 32.7 cm³/mol. The van der Waals surface area contributed by atoms with E-state index in [-0.39, 0.29) is 4.65 Å². The first-order chi connectivity index (χ1) is 3.00. The summed E-state index contributed by atoms with van der Waals surface area (Å²) >= 11 is 0. The zero-order chi connectivity index (χ0) is 6.50. The lowest BCUT2D eigenvalue weighted by molar-refractivity contribution is -0.818. The van der Waals surface area contributed by atoms with E-state index < -0.39 is 0 Å². The molecule has 0 amide bonds. The highest BCUT2D eigenvalue weighted by molar-refractivity contribution is 4.05. The second-order valence-corrected chi connectivity index (χ2v) is 1.89. The molecular weight excluding hydrogens is 90.1 g/mol. The van der Waals surface area contributed by atoms with Crippen LogP contribution in [-0.4, -0.2) is 25.8 Å².